The van der Waals surface area contributed by atoms with E-state index in [4.69, 9.17) is 0 Å². The van der Waals surface area contributed by atoms with E-state index in [2.05, 4.69) is 27.6 Å². The third kappa shape index (κ3) is 4.22. The van der Waals surface area contributed by atoms with Crippen LogP contribution in [0.15, 0.2) is 12.8 Å². The van der Waals surface area contributed by atoms with Crippen molar-refractivity contribution in [2.24, 2.45) is 0 Å². The zero-order valence-electron chi connectivity index (χ0n) is 6.85. The summed E-state index contributed by atoms with van der Waals surface area (Å²) >= 11 is 0. The Balaban J connectivity index is 3.45. The van der Waals surface area contributed by atoms with Crippen molar-refractivity contribution < 1.29 is 4.48 Å². The van der Waals surface area contributed by atoms with Gasteiger partial charge < -0.3 is 4.48 Å². The molecule has 0 saturated carbocycles. The average Bonchev–Trinajstić information content (AvgIpc) is 1.84. The number of rotatable bonds is 4. The van der Waals surface area contributed by atoms with Gasteiger partial charge in [-0.3, -0.25) is 0 Å². The van der Waals surface area contributed by atoms with Gasteiger partial charge in [-0.2, -0.15) is 0 Å². The van der Waals surface area contributed by atoms with E-state index in [1.165, 1.54) is 19.4 Å². The molecule has 0 fully saturated rings. The van der Waals surface area contributed by atoms with Crippen molar-refractivity contribution in [3.63, 3.8) is 0 Å². The third-order valence-corrected chi connectivity index (χ3v) is 1.58. The van der Waals surface area contributed by atoms with Crippen molar-refractivity contribution >= 4 is 0 Å². The summed E-state index contributed by atoms with van der Waals surface area (Å²) in [6.07, 6.45) is 4.55. The van der Waals surface area contributed by atoms with E-state index in [9.17, 15) is 0 Å². The van der Waals surface area contributed by atoms with E-state index >= 15 is 0 Å². The molecule has 0 aromatic rings. The molecule has 0 aliphatic rings. The first-order chi connectivity index (χ1) is 4.12. The maximum Gasteiger partial charge on any atom is 0.0881 e. The Bertz CT molecular complexity index is 84.6. The van der Waals surface area contributed by atoms with Crippen LogP contribution < -0.4 is 0 Å². The summed E-state index contributed by atoms with van der Waals surface area (Å²) in [5.41, 5.74) is 0. The van der Waals surface area contributed by atoms with Gasteiger partial charge >= 0.3 is 0 Å². The summed E-state index contributed by atoms with van der Waals surface area (Å²) in [4.78, 5) is 0. The van der Waals surface area contributed by atoms with Crippen molar-refractivity contribution in [2.45, 2.75) is 19.8 Å². The number of unbranched alkanes of at least 4 members (excludes halogenated alkanes) is 1. The number of quaternary nitrogens is 1. The molecule has 0 aromatic carbocycles. The van der Waals surface area contributed by atoms with E-state index in [1.807, 2.05) is 6.20 Å². The van der Waals surface area contributed by atoms with E-state index < -0.39 is 0 Å². The molecule has 0 radical (unpaired) electrons. The van der Waals surface area contributed by atoms with Crippen LogP contribution in [0.2, 0.25) is 0 Å². The first-order valence-electron chi connectivity index (χ1n) is 3.58. The molecule has 0 aliphatic heterocycles. The standard InChI is InChI=1S/C8H18N/c1-5-7-8-9(3,4)6-2/h6H,2,5,7-8H2,1,3-4H3/q+1. The predicted octanol–water partition coefficient (Wildman–Crippen LogP) is 2.01. The Morgan fingerprint density at radius 2 is 2.00 bits per heavy atom. The molecule has 0 bridgehead atoms. The van der Waals surface area contributed by atoms with Crippen molar-refractivity contribution in [2.75, 3.05) is 20.6 Å². The Labute approximate surface area is 58.6 Å². The van der Waals surface area contributed by atoms with Gasteiger partial charge in [-0.05, 0) is 13.0 Å². The first-order valence-corrected chi connectivity index (χ1v) is 3.58. The zero-order chi connectivity index (χ0) is 7.33. The largest absolute Gasteiger partial charge is 0.303 e. The van der Waals surface area contributed by atoms with Gasteiger partial charge in [0.15, 0.2) is 0 Å². The molecule has 0 spiro atoms. The molecule has 1 nitrogen and oxygen atoms in total. The van der Waals surface area contributed by atoms with Crippen LogP contribution in [-0.4, -0.2) is 25.1 Å². The van der Waals surface area contributed by atoms with Gasteiger partial charge in [0.05, 0.1) is 26.8 Å². The van der Waals surface area contributed by atoms with Gasteiger partial charge in [0.25, 0.3) is 0 Å². The molecule has 0 amide bonds. The highest BCUT2D eigenvalue weighted by atomic mass is 15.3. The van der Waals surface area contributed by atoms with E-state index in [1.54, 1.807) is 0 Å². The maximum absolute atomic E-state index is 3.76. The smallest absolute Gasteiger partial charge is 0.0881 e. The van der Waals surface area contributed by atoms with Crippen LogP contribution in [0.4, 0.5) is 0 Å². The molecular formula is C8H18N+. The lowest BCUT2D eigenvalue weighted by Crippen LogP contribution is -2.33. The average molecular weight is 128 g/mol. The van der Waals surface area contributed by atoms with Crippen LogP contribution in [0.1, 0.15) is 19.8 Å². The number of hydrogen-bond donors (Lipinski definition) is 0. The summed E-state index contributed by atoms with van der Waals surface area (Å²) < 4.78 is 0.938. The monoisotopic (exact) mass is 128 g/mol. The molecule has 0 aliphatic carbocycles. The minimum Gasteiger partial charge on any atom is -0.303 e. The van der Waals surface area contributed by atoms with Crippen molar-refractivity contribution in [3.8, 4) is 0 Å². The molecule has 54 valence electrons. The highest BCUT2D eigenvalue weighted by Crippen LogP contribution is 2.00. The van der Waals surface area contributed by atoms with Gasteiger partial charge in [-0.15, -0.1) is 0 Å². The van der Waals surface area contributed by atoms with Crippen molar-refractivity contribution in [1.82, 2.24) is 0 Å². The quantitative estimate of drug-likeness (QED) is 0.508. The SMILES string of the molecule is C=C[N+](C)(C)CCCC. The lowest BCUT2D eigenvalue weighted by Gasteiger charge is -2.23. The molecule has 0 aromatic heterocycles. The second-order valence-corrected chi connectivity index (χ2v) is 3.04. The molecule has 0 heterocycles. The highest BCUT2D eigenvalue weighted by molar-refractivity contribution is 4.50. The van der Waals surface area contributed by atoms with Crippen LogP contribution in [0.25, 0.3) is 0 Å². The molecule has 9 heavy (non-hydrogen) atoms. The summed E-state index contributed by atoms with van der Waals surface area (Å²) in [5, 5.41) is 0. The Morgan fingerprint density at radius 1 is 1.44 bits per heavy atom. The zero-order valence-corrected chi connectivity index (χ0v) is 6.85. The van der Waals surface area contributed by atoms with Crippen molar-refractivity contribution in [1.29, 1.82) is 0 Å². The topological polar surface area (TPSA) is 0 Å². The van der Waals surface area contributed by atoms with E-state index in [0.29, 0.717) is 0 Å². The van der Waals surface area contributed by atoms with Crippen LogP contribution in [-0.2, 0) is 0 Å². The minimum absolute atomic E-state index is 0.938. The summed E-state index contributed by atoms with van der Waals surface area (Å²) in [5.74, 6) is 0. The minimum atomic E-state index is 0.938. The molecule has 0 saturated heterocycles. The van der Waals surface area contributed by atoms with Crippen LogP contribution in [0, 0.1) is 0 Å². The van der Waals surface area contributed by atoms with Gasteiger partial charge in [0.2, 0.25) is 0 Å². The molecule has 0 unspecified atom stereocenters. The maximum atomic E-state index is 3.76. The van der Waals surface area contributed by atoms with E-state index in [-0.39, 0.29) is 0 Å². The summed E-state index contributed by atoms with van der Waals surface area (Å²) in [6, 6.07) is 0. The fourth-order valence-corrected chi connectivity index (χ4v) is 0.657. The third-order valence-electron chi connectivity index (χ3n) is 1.58. The van der Waals surface area contributed by atoms with Crippen LogP contribution in [0.3, 0.4) is 0 Å². The fraction of sp³-hybridized carbons (Fsp3) is 0.750. The second kappa shape index (κ2) is 3.67. The number of hydrogen-bond acceptors (Lipinski definition) is 0. The van der Waals surface area contributed by atoms with Gasteiger partial charge in [0, 0.05) is 0 Å². The molecular weight excluding hydrogens is 110 g/mol. The fourth-order valence-electron chi connectivity index (χ4n) is 0.657. The Hall–Kier alpha value is -0.300. The lowest BCUT2D eigenvalue weighted by atomic mass is 10.3. The normalized spacial score (nSPS) is 11.4. The van der Waals surface area contributed by atoms with Gasteiger partial charge in [0.1, 0.15) is 0 Å². The highest BCUT2D eigenvalue weighted by Gasteiger charge is 2.06. The Morgan fingerprint density at radius 3 is 2.33 bits per heavy atom. The van der Waals surface area contributed by atoms with Crippen LogP contribution >= 0.6 is 0 Å². The van der Waals surface area contributed by atoms with Gasteiger partial charge in [-0.25, -0.2) is 0 Å². The molecule has 1 heteroatoms. The van der Waals surface area contributed by atoms with Crippen LogP contribution in [0.5, 0.6) is 0 Å². The predicted molar refractivity (Wildman–Crippen MR) is 42.1 cm³/mol. The molecule has 0 atom stereocenters. The van der Waals surface area contributed by atoms with E-state index in [0.717, 1.165) is 4.48 Å². The molecule has 0 N–H and O–H groups in total. The second-order valence-electron chi connectivity index (χ2n) is 3.04. The van der Waals surface area contributed by atoms with Gasteiger partial charge in [-0.1, -0.05) is 13.3 Å². The molecule has 0 rings (SSSR count). The lowest BCUT2D eigenvalue weighted by molar-refractivity contribution is -0.838. The Kier molecular flexibility index (Phi) is 3.55. The van der Waals surface area contributed by atoms with Crippen molar-refractivity contribution in [3.05, 3.63) is 12.8 Å². The summed E-state index contributed by atoms with van der Waals surface area (Å²) in [7, 11) is 4.34. The first kappa shape index (κ1) is 8.70. The number of nitrogens with zero attached hydrogens (tertiary/aromatic N) is 1. The summed E-state index contributed by atoms with van der Waals surface area (Å²) in [6.45, 7) is 7.18.